The zero-order valence-electron chi connectivity index (χ0n) is 14.6. The van der Waals surface area contributed by atoms with Crippen LogP contribution in [-0.4, -0.2) is 35.9 Å². The molecule has 0 atom stereocenters. The van der Waals surface area contributed by atoms with Crippen molar-refractivity contribution < 1.29 is 28.9 Å². The summed E-state index contributed by atoms with van der Waals surface area (Å²) in [6, 6.07) is 6.88. The minimum absolute atomic E-state index is 0.0109. The molecular weight excluding hydrogens is 376 g/mol. The quantitative estimate of drug-likeness (QED) is 0.430. The Morgan fingerprint density at radius 2 is 1.14 bits per heavy atom. The van der Waals surface area contributed by atoms with E-state index in [1.165, 1.54) is 26.4 Å². The van der Waals surface area contributed by atoms with E-state index in [1.54, 1.807) is 0 Å². The van der Waals surface area contributed by atoms with E-state index in [4.69, 9.17) is 9.47 Å². The van der Waals surface area contributed by atoms with Crippen molar-refractivity contribution in [2.45, 2.75) is 0 Å². The van der Waals surface area contributed by atoms with Gasteiger partial charge in [0.25, 0.3) is 11.4 Å². The van der Waals surface area contributed by atoms with Gasteiger partial charge in [-0.25, -0.2) is 0 Å². The molecular formula is C16H14N4O8. The van der Waals surface area contributed by atoms with E-state index in [2.05, 4.69) is 10.6 Å². The van der Waals surface area contributed by atoms with E-state index in [0.29, 0.717) is 0 Å². The minimum Gasteiger partial charge on any atom is -0.494 e. The highest BCUT2D eigenvalue weighted by molar-refractivity contribution is 6.44. The molecule has 0 aliphatic rings. The molecule has 12 heteroatoms. The van der Waals surface area contributed by atoms with Crippen molar-refractivity contribution in [3.8, 4) is 11.5 Å². The largest absolute Gasteiger partial charge is 0.494 e. The lowest BCUT2D eigenvalue weighted by molar-refractivity contribution is -0.385. The maximum Gasteiger partial charge on any atom is 0.314 e. The van der Waals surface area contributed by atoms with Crippen LogP contribution in [0.1, 0.15) is 0 Å². The number of nitro benzene ring substituents is 2. The molecule has 146 valence electrons. The first kappa shape index (κ1) is 20.1. The zero-order valence-corrected chi connectivity index (χ0v) is 14.6. The molecule has 2 N–H and O–H groups in total. The summed E-state index contributed by atoms with van der Waals surface area (Å²) in [7, 11) is 2.49. The molecule has 2 aromatic carbocycles. The Balaban J connectivity index is 2.17. The monoisotopic (exact) mass is 390 g/mol. The molecule has 0 saturated carbocycles. The lowest BCUT2D eigenvalue weighted by Gasteiger charge is -2.11. The van der Waals surface area contributed by atoms with E-state index in [9.17, 15) is 29.8 Å². The number of nitrogens with one attached hydrogen (secondary N) is 2. The average molecular weight is 390 g/mol. The van der Waals surface area contributed by atoms with Crippen LogP contribution in [0.5, 0.6) is 11.5 Å². The van der Waals surface area contributed by atoms with Crippen LogP contribution in [0.3, 0.4) is 0 Å². The van der Waals surface area contributed by atoms with Crippen molar-refractivity contribution in [3.63, 3.8) is 0 Å². The topological polar surface area (TPSA) is 163 Å². The number of methoxy groups -OCH3 is 2. The van der Waals surface area contributed by atoms with Crippen LogP contribution in [0.2, 0.25) is 0 Å². The number of ether oxygens (including phenoxy) is 2. The summed E-state index contributed by atoms with van der Waals surface area (Å²) in [5.74, 6) is -2.20. The number of hydrogen-bond acceptors (Lipinski definition) is 8. The van der Waals surface area contributed by atoms with Crippen molar-refractivity contribution in [2.75, 3.05) is 24.9 Å². The third kappa shape index (κ3) is 4.49. The van der Waals surface area contributed by atoms with Crippen molar-refractivity contribution in [2.24, 2.45) is 0 Å². The molecule has 0 heterocycles. The minimum atomic E-state index is -1.09. The van der Waals surface area contributed by atoms with Crippen molar-refractivity contribution in [1.82, 2.24) is 0 Å². The number of nitro groups is 2. The molecule has 0 radical (unpaired) electrons. The summed E-state index contributed by atoms with van der Waals surface area (Å²) in [5, 5.41) is 26.1. The van der Waals surface area contributed by atoms with Crippen molar-refractivity contribution in [1.29, 1.82) is 0 Å². The summed E-state index contributed by atoms with van der Waals surface area (Å²) in [4.78, 5) is 44.5. The van der Waals surface area contributed by atoms with Gasteiger partial charge >= 0.3 is 11.8 Å². The number of benzene rings is 2. The van der Waals surface area contributed by atoms with Crippen LogP contribution in [-0.2, 0) is 9.59 Å². The maximum atomic E-state index is 12.1. The molecule has 0 aliphatic heterocycles. The third-order valence-corrected chi connectivity index (χ3v) is 3.49. The van der Waals surface area contributed by atoms with Gasteiger partial charge in [-0.2, -0.15) is 0 Å². The van der Waals surface area contributed by atoms with E-state index < -0.39 is 21.7 Å². The number of nitrogens with zero attached hydrogens (tertiary/aromatic N) is 2. The van der Waals surface area contributed by atoms with Gasteiger partial charge in [-0.15, -0.1) is 0 Å². The SMILES string of the molecule is COc1cc([N+](=O)[O-])ccc1NC(=O)C(=O)Nc1ccc([N+](=O)[O-])cc1OC. The van der Waals surface area contributed by atoms with E-state index in [0.717, 1.165) is 24.3 Å². The van der Waals surface area contributed by atoms with Crippen molar-refractivity contribution >= 4 is 34.6 Å². The normalized spacial score (nSPS) is 9.93. The third-order valence-electron chi connectivity index (χ3n) is 3.49. The fourth-order valence-corrected chi connectivity index (χ4v) is 2.15. The highest BCUT2D eigenvalue weighted by Gasteiger charge is 2.20. The van der Waals surface area contributed by atoms with Crippen LogP contribution in [0.15, 0.2) is 36.4 Å². The highest BCUT2D eigenvalue weighted by atomic mass is 16.6. The van der Waals surface area contributed by atoms with Crippen LogP contribution < -0.4 is 20.1 Å². The van der Waals surface area contributed by atoms with Gasteiger partial charge in [-0.05, 0) is 12.1 Å². The number of anilines is 2. The van der Waals surface area contributed by atoms with Crippen LogP contribution in [0.4, 0.5) is 22.7 Å². The molecule has 2 amide bonds. The second kappa shape index (κ2) is 8.44. The standard InChI is InChI=1S/C16H14N4O8/c1-27-13-7-9(19(23)24)3-5-11(13)17-15(21)16(22)18-12-6-4-10(20(25)26)8-14(12)28-2/h3-8H,1-2H3,(H,17,21)(H,18,22). The fraction of sp³-hybridized carbons (Fsp3) is 0.125. The molecule has 0 saturated heterocycles. The molecule has 0 unspecified atom stereocenters. The Hall–Kier alpha value is -4.22. The average Bonchev–Trinajstić information content (AvgIpc) is 2.67. The molecule has 28 heavy (non-hydrogen) atoms. The van der Waals surface area contributed by atoms with Crippen LogP contribution in [0.25, 0.3) is 0 Å². The number of carbonyl (C=O) groups excluding carboxylic acids is 2. The Morgan fingerprint density at radius 3 is 1.43 bits per heavy atom. The van der Waals surface area contributed by atoms with Crippen LogP contribution >= 0.6 is 0 Å². The smallest absolute Gasteiger partial charge is 0.314 e. The van der Waals surface area contributed by atoms with Gasteiger partial charge in [-0.1, -0.05) is 0 Å². The molecule has 12 nitrogen and oxygen atoms in total. The molecule has 0 aromatic heterocycles. The van der Waals surface area contributed by atoms with Gasteiger partial charge < -0.3 is 20.1 Å². The Kier molecular flexibility index (Phi) is 6.06. The molecule has 0 aliphatic carbocycles. The first-order valence-electron chi connectivity index (χ1n) is 7.54. The van der Waals surface area contributed by atoms with E-state index >= 15 is 0 Å². The summed E-state index contributed by atoms with van der Waals surface area (Å²) >= 11 is 0. The summed E-state index contributed by atoms with van der Waals surface area (Å²) < 4.78 is 9.94. The molecule has 0 bridgehead atoms. The van der Waals surface area contributed by atoms with Gasteiger partial charge in [0.2, 0.25) is 0 Å². The fourth-order valence-electron chi connectivity index (χ4n) is 2.15. The summed E-state index contributed by atoms with van der Waals surface area (Å²) in [5.41, 5.74) is -0.419. The Morgan fingerprint density at radius 1 is 0.786 bits per heavy atom. The second-order valence-corrected chi connectivity index (χ2v) is 5.19. The van der Waals surface area contributed by atoms with Crippen molar-refractivity contribution in [3.05, 3.63) is 56.6 Å². The summed E-state index contributed by atoms with van der Waals surface area (Å²) in [6.07, 6.45) is 0. The first-order chi connectivity index (χ1) is 13.3. The first-order valence-corrected chi connectivity index (χ1v) is 7.54. The number of carbonyl (C=O) groups is 2. The number of non-ortho nitro benzene ring substituents is 2. The van der Waals surface area contributed by atoms with E-state index in [1.807, 2.05) is 0 Å². The van der Waals surface area contributed by atoms with Gasteiger partial charge in [0.15, 0.2) is 0 Å². The lowest BCUT2D eigenvalue weighted by Crippen LogP contribution is -2.29. The number of amides is 2. The van der Waals surface area contributed by atoms with Crippen LogP contribution in [0, 0.1) is 20.2 Å². The highest BCUT2D eigenvalue weighted by Crippen LogP contribution is 2.30. The molecule has 0 fully saturated rings. The predicted molar refractivity (Wildman–Crippen MR) is 96.6 cm³/mol. The lowest BCUT2D eigenvalue weighted by atomic mass is 10.2. The van der Waals surface area contributed by atoms with Gasteiger partial charge in [0.05, 0.1) is 47.6 Å². The van der Waals surface area contributed by atoms with Gasteiger partial charge in [-0.3, -0.25) is 29.8 Å². The number of rotatable bonds is 6. The molecule has 2 aromatic rings. The van der Waals surface area contributed by atoms with Gasteiger partial charge in [0, 0.05) is 12.1 Å². The zero-order chi connectivity index (χ0) is 20.8. The Labute approximate surface area is 157 Å². The maximum absolute atomic E-state index is 12.1. The predicted octanol–water partition coefficient (Wildman–Crippen LogP) is 2.10. The molecule has 2 rings (SSSR count). The van der Waals surface area contributed by atoms with Gasteiger partial charge in [0.1, 0.15) is 11.5 Å². The number of hydrogen-bond donors (Lipinski definition) is 2. The van der Waals surface area contributed by atoms with E-state index in [-0.39, 0.29) is 34.2 Å². The second-order valence-electron chi connectivity index (χ2n) is 5.19. The molecule has 0 spiro atoms. The summed E-state index contributed by atoms with van der Waals surface area (Å²) in [6.45, 7) is 0. The Bertz CT molecular complexity index is 882.